The van der Waals surface area contributed by atoms with E-state index < -0.39 is 17.5 Å². The van der Waals surface area contributed by atoms with Crippen molar-refractivity contribution in [2.75, 3.05) is 26.7 Å². The molecule has 0 aliphatic carbocycles. The first kappa shape index (κ1) is 28.4. The van der Waals surface area contributed by atoms with Gasteiger partial charge in [0.1, 0.15) is 11.7 Å². The smallest absolute Gasteiger partial charge is 0.274 e. The van der Waals surface area contributed by atoms with Crippen LogP contribution in [-0.4, -0.2) is 81.9 Å². The van der Waals surface area contributed by atoms with Crippen molar-refractivity contribution in [3.63, 3.8) is 0 Å². The molecule has 1 aliphatic rings. The van der Waals surface area contributed by atoms with E-state index in [0.717, 1.165) is 18.4 Å². The van der Waals surface area contributed by atoms with Crippen molar-refractivity contribution in [3.05, 3.63) is 54.1 Å². The van der Waals surface area contributed by atoms with E-state index in [-0.39, 0.29) is 26.6 Å². The second-order valence-electron chi connectivity index (χ2n) is 11.1. The Morgan fingerprint density at radius 1 is 1.22 bits per heavy atom. The summed E-state index contributed by atoms with van der Waals surface area (Å²) < 4.78 is 1.76. The molecule has 1 aliphatic heterocycles. The van der Waals surface area contributed by atoms with Gasteiger partial charge in [0.15, 0.2) is 0 Å². The first-order chi connectivity index (χ1) is 17.5. The van der Waals surface area contributed by atoms with Crippen LogP contribution in [0.3, 0.4) is 0 Å². The summed E-state index contributed by atoms with van der Waals surface area (Å²) in [6, 6.07) is 8.87. The lowest BCUT2D eigenvalue weighted by Gasteiger charge is -2.37. The first-order valence-corrected chi connectivity index (χ1v) is 13.1. The highest BCUT2D eigenvalue weighted by atomic mass is 16.2. The Kier molecular flexibility index (Phi) is 9.48. The van der Waals surface area contributed by atoms with Gasteiger partial charge in [-0.3, -0.25) is 14.4 Å². The molecule has 1 fully saturated rings. The maximum Gasteiger partial charge on any atom is 0.274 e. The van der Waals surface area contributed by atoms with Crippen molar-refractivity contribution < 1.29 is 17.2 Å². The number of carbonyl (C=O) groups is 3. The van der Waals surface area contributed by atoms with E-state index in [1.165, 1.54) is 0 Å². The Morgan fingerprint density at radius 3 is 2.51 bits per heavy atom. The molecule has 2 aromatic rings. The summed E-state index contributed by atoms with van der Waals surface area (Å²) in [7, 11) is 3.56. The molecular formula is C28H46N6O3. The molecule has 2 N–H and O–H groups in total. The summed E-state index contributed by atoms with van der Waals surface area (Å²) in [6.45, 7) is 9.21. The lowest BCUT2D eigenvalue weighted by molar-refractivity contribution is -0.140. The lowest BCUT2D eigenvalue weighted by Crippen LogP contribution is -2.59. The molecule has 3 atom stereocenters. The van der Waals surface area contributed by atoms with Crippen LogP contribution in [0.1, 0.15) is 59.4 Å². The summed E-state index contributed by atoms with van der Waals surface area (Å²) in [5, 5.41) is 5.90. The maximum atomic E-state index is 13.8. The minimum atomic E-state index is -0.666. The molecule has 1 aromatic heterocycles. The van der Waals surface area contributed by atoms with Crippen molar-refractivity contribution in [3.8, 4) is 0 Å². The monoisotopic (exact) mass is 514 g/mol. The maximum absolute atomic E-state index is 13.8. The normalized spacial score (nSPS) is 17.4. The second-order valence-corrected chi connectivity index (χ2v) is 11.1. The summed E-state index contributed by atoms with van der Waals surface area (Å²) in [5.74, 6) is -0.444. The minimum Gasteiger partial charge on any atom is -0.342 e. The highest BCUT2D eigenvalue weighted by Gasteiger charge is 2.40. The van der Waals surface area contributed by atoms with Gasteiger partial charge in [-0.2, -0.15) is 0 Å². The number of amides is 3. The van der Waals surface area contributed by atoms with Crippen molar-refractivity contribution >= 4 is 17.7 Å². The molecule has 3 rings (SSSR count). The SMILES string of the molecule is CN[C@@H](C)C(=O)N[C@H](C(=O)N1CCC[C@H]1CN(CCc1ccccc1)C(=O)c1cn(C)cn1)C(C)(C)C.[HH].[HH]. The number of hydrogen-bond acceptors (Lipinski definition) is 5. The number of rotatable bonds is 10. The van der Waals surface area contributed by atoms with Gasteiger partial charge in [-0.1, -0.05) is 51.1 Å². The van der Waals surface area contributed by atoms with Crippen molar-refractivity contribution in [1.82, 2.24) is 30.0 Å². The van der Waals surface area contributed by atoms with Crippen LogP contribution in [0.15, 0.2) is 42.9 Å². The predicted molar refractivity (Wildman–Crippen MR) is 148 cm³/mol. The van der Waals surface area contributed by atoms with Crippen LogP contribution in [0.5, 0.6) is 0 Å². The van der Waals surface area contributed by atoms with E-state index in [2.05, 4.69) is 27.8 Å². The zero-order chi connectivity index (χ0) is 27.2. The van der Waals surface area contributed by atoms with Crippen molar-refractivity contribution in [1.29, 1.82) is 0 Å². The molecule has 2 heterocycles. The topological polar surface area (TPSA) is 99.6 Å². The van der Waals surface area contributed by atoms with Gasteiger partial charge in [-0.25, -0.2) is 4.98 Å². The van der Waals surface area contributed by atoms with Gasteiger partial charge in [-0.05, 0) is 44.2 Å². The molecule has 0 saturated carbocycles. The molecule has 3 amide bonds. The Balaban J connectivity index is 0.00000380. The summed E-state index contributed by atoms with van der Waals surface area (Å²) >= 11 is 0. The van der Waals surface area contributed by atoms with Gasteiger partial charge >= 0.3 is 0 Å². The zero-order valence-electron chi connectivity index (χ0n) is 23.0. The molecule has 206 valence electrons. The summed E-state index contributed by atoms with van der Waals surface area (Å²) in [5.41, 5.74) is 1.08. The van der Waals surface area contributed by atoms with E-state index in [1.54, 1.807) is 31.1 Å². The molecular weight excluding hydrogens is 468 g/mol. The van der Waals surface area contributed by atoms with Gasteiger partial charge in [0.25, 0.3) is 5.91 Å². The third-order valence-electron chi connectivity index (χ3n) is 7.04. The third kappa shape index (κ3) is 7.41. The van der Waals surface area contributed by atoms with E-state index in [4.69, 9.17) is 0 Å². The molecule has 1 saturated heterocycles. The van der Waals surface area contributed by atoms with E-state index in [9.17, 15) is 14.4 Å². The Labute approximate surface area is 223 Å². The number of carbonyl (C=O) groups excluding carboxylic acids is 3. The van der Waals surface area contributed by atoms with Crippen LogP contribution in [0.2, 0.25) is 0 Å². The Hall–Kier alpha value is -3.20. The van der Waals surface area contributed by atoms with Gasteiger partial charge in [0, 0.05) is 41.8 Å². The predicted octanol–water partition coefficient (Wildman–Crippen LogP) is 2.73. The Morgan fingerprint density at radius 2 is 1.92 bits per heavy atom. The number of likely N-dealkylation sites (N-methyl/N-ethyl adjacent to an activating group) is 1. The average molecular weight is 515 g/mol. The fourth-order valence-electron chi connectivity index (χ4n) is 4.65. The average Bonchev–Trinajstić information content (AvgIpc) is 3.52. The fraction of sp³-hybridized carbons (Fsp3) is 0.571. The fourth-order valence-corrected chi connectivity index (χ4v) is 4.65. The van der Waals surface area contributed by atoms with Crippen LogP contribution in [0.4, 0.5) is 0 Å². The molecule has 0 radical (unpaired) electrons. The van der Waals surface area contributed by atoms with E-state index in [1.807, 2.05) is 55.8 Å². The number of aromatic nitrogens is 2. The molecule has 1 aromatic carbocycles. The van der Waals surface area contributed by atoms with Crippen LogP contribution < -0.4 is 10.6 Å². The lowest BCUT2D eigenvalue weighted by atomic mass is 9.85. The van der Waals surface area contributed by atoms with Crippen LogP contribution in [0, 0.1) is 5.41 Å². The number of aryl methyl sites for hydroxylation is 1. The van der Waals surface area contributed by atoms with Gasteiger partial charge in [0.05, 0.1) is 12.4 Å². The van der Waals surface area contributed by atoms with Crippen LogP contribution in [-0.2, 0) is 23.1 Å². The first-order valence-electron chi connectivity index (χ1n) is 13.1. The van der Waals surface area contributed by atoms with Gasteiger partial charge in [-0.15, -0.1) is 0 Å². The van der Waals surface area contributed by atoms with E-state index >= 15 is 0 Å². The van der Waals surface area contributed by atoms with Gasteiger partial charge < -0.3 is 25.0 Å². The molecule has 37 heavy (non-hydrogen) atoms. The molecule has 0 unspecified atom stereocenters. The standard InChI is InChI=1S/C28H42N6O3.2H2/c1-20(29-5)25(35)31-24(28(2,3)4)27(37)34-15-10-13-22(34)17-33(16-14-21-11-8-7-9-12-21)26(36)23-18-32(6)19-30-23;;/h7-9,11-12,18-20,22,24,29H,10,13-17H2,1-6H3,(H,31,35);2*1H/t20-,22-,24+;;/m0../s1. The molecule has 0 bridgehead atoms. The number of nitrogens with one attached hydrogen (secondary N) is 2. The molecule has 9 heteroatoms. The Bertz CT molecular complexity index is 1070. The van der Waals surface area contributed by atoms with Crippen LogP contribution >= 0.6 is 0 Å². The number of imidazole rings is 1. The van der Waals surface area contributed by atoms with Crippen LogP contribution in [0.25, 0.3) is 0 Å². The number of likely N-dealkylation sites (tertiary alicyclic amines) is 1. The van der Waals surface area contributed by atoms with E-state index in [0.29, 0.717) is 31.7 Å². The second kappa shape index (κ2) is 12.4. The largest absolute Gasteiger partial charge is 0.342 e. The van der Waals surface area contributed by atoms with Crippen molar-refractivity contribution in [2.24, 2.45) is 12.5 Å². The highest BCUT2D eigenvalue weighted by molar-refractivity contribution is 5.92. The minimum absolute atomic E-state index is 0. The summed E-state index contributed by atoms with van der Waals surface area (Å²) in [6.07, 6.45) is 5.72. The van der Waals surface area contributed by atoms with Gasteiger partial charge in [0.2, 0.25) is 11.8 Å². The highest BCUT2D eigenvalue weighted by Crippen LogP contribution is 2.26. The number of nitrogens with zero attached hydrogens (tertiary/aromatic N) is 4. The molecule has 0 spiro atoms. The summed E-state index contributed by atoms with van der Waals surface area (Å²) in [4.78, 5) is 47.9. The quantitative estimate of drug-likeness (QED) is 0.508. The number of benzene rings is 1. The zero-order valence-corrected chi connectivity index (χ0v) is 23.0. The third-order valence-corrected chi connectivity index (χ3v) is 7.04. The van der Waals surface area contributed by atoms with Crippen molar-refractivity contribution in [2.45, 2.75) is 65.1 Å². The molecule has 9 nitrogen and oxygen atoms in total. The number of hydrogen-bond donors (Lipinski definition) is 2.